The second-order valence-corrected chi connectivity index (χ2v) is 4.98. The summed E-state index contributed by atoms with van der Waals surface area (Å²) in [5.74, 6) is -0.980. The second-order valence-electron chi connectivity index (χ2n) is 4.98. The van der Waals surface area contributed by atoms with E-state index in [-0.39, 0.29) is 0 Å². The third-order valence-electron chi connectivity index (χ3n) is 3.17. The molecular formula is C13H20N2O2. The third-order valence-corrected chi connectivity index (χ3v) is 3.17. The van der Waals surface area contributed by atoms with Crippen molar-refractivity contribution in [2.24, 2.45) is 5.73 Å². The van der Waals surface area contributed by atoms with Gasteiger partial charge in [-0.3, -0.25) is 4.79 Å². The summed E-state index contributed by atoms with van der Waals surface area (Å²) in [6, 6.07) is 6.88. The highest BCUT2D eigenvalue weighted by molar-refractivity contribution is 5.75. The van der Waals surface area contributed by atoms with Gasteiger partial charge in [0.15, 0.2) is 0 Å². The molecule has 94 valence electrons. The van der Waals surface area contributed by atoms with E-state index in [9.17, 15) is 4.79 Å². The SMILES string of the molecule is CN(C)c1ccc(C(C)(C)C(N)C(=O)O)cc1. The van der Waals surface area contributed by atoms with E-state index in [1.807, 2.05) is 57.1 Å². The summed E-state index contributed by atoms with van der Waals surface area (Å²) < 4.78 is 0. The van der Waals surface area contributed by atoms with Crippen LogP contribution in [-0.4, -0.2) is 31.2 Å². The van der Waals surface area contributed by atoms with Gasteiger partial charge in [-0.25, -0.2) is 0 Å². The Balaban J connectivity index is 3.03. The first-order chi connectivity index (χ1) is 7.76. The normalized spacial score (nSPS) is 13.2. The van der Waals surface area contributed by atoms with E-state index in [1.54, 1.807) is 0 Å². The molecule has 1 aromatic carbocycles. The number of anilines is 1. The van der Waals surface area contributed by atoms with Crippen LogP contribution < -0.4 is 10.6 Å². The molecular weight excluding hydrogens is 216 g/mol. The summed E-state index contributed by atoms with van der Waals surface area (Å²) in [7, 11) is 3.92. The van der Waals surface area contributed by atoms with Crippen LogP contribution in [0.1, 0.15) is 19.4 Å². The molecule has 3 N–H and O–H groups in total. The Morgan fingerprint density at radius 3 is 2.12 bits per heavy atom. The van der Waals surface area contributed by atoms with Crippen molar-refractivity contribution in [1.29, 1.82) is 0 Å². The minimum atomic E-state index is -0.980. The van der Waals surface area contributed by atoms with E-state index in [4.69, 9.17) is 10.8 Å². The van der Waals surface area contributed by atoms with Gasteiger partial charge in [0, 0.05) is 25.2 Å². The Labute approximate surface area is 102 Å². The lowest BCUT2D eigenvalue weighted by molar-refractivity contribution is -0.140. The highest BCUT2D eigenvalue weighted by Gasteiger charge is 2.33. The van der Waals surface area contributed by atoms with Gasteiger partial charge in [-0.15, -0.1) is 0 Å². The molecule has 0 aromatic heterocycles. The van der Waals surface area contributed by atoms with E-state index in [2.05, 4.69) is 0 Å². The molecule has 4 nitrogen and oxygen atoms in total. The molecule has 0 aliphatic heterocycles. The van der Waals surface area contributed by atoms with Crippen LogP contribution in [0.25, 0.3) is 0 Å². The van der Waals surface area contributed by atoms with Gasteiger partial charge in [-0.05, 0) is 17.7 Å². The average Bonchev–Trinajstić information content (AvgIpc) is 2.27. The molecule has 0 spiro atoms. The number of hydrogen-bond donors (Lipinski definition) is 2. The fourth-order valence-electron chi connectivity index (χ4n) is 1.68. The molecule has 1 atom stereocenters. The van der Waals surface area contributed by atoms with Crippen molar-refractivity contribution in [3.05, 3.63) is 29.8 Å². The highest BCUT2D eigenvalue weighted by atomic mass is 16.4. The molecule has 0 saturated carbocycles. The third kappa shape index (κ3) is 2.77. The average molecular weight is 236 g/mol. The maximum atomic E-state index is 11.0. The van der Waals surface area contributed by atoms with E-state index in [0.29, 0.717) is 0 Å². The minimum absolute atomic E-state index is 0.587. The predicted octanol–water partition coefficient (Wildman–Crippen LogP) is 1.44. The summed E-state index contributed by atoms with van der Waals surface area (Å²) in [6.07, 6.45) is 0. The van der Waals surface area contributed by atoms with Gasteiger partial charge in [0.2, 0.25) is 0 Å². The molecule has 1 rings (SSSR count). The van der Waals surface area contributed by atoms with Crippen molar-refractivity contribution in [3.63, 3.8) is 0 Å². The summed E-state index contributed by atoms with van der Waals surface area (Å²) in [6.45, 7) is 3.69. The Hall–Kier alpha value is -1.55. The Morgan fingerprint density at radius 2 is 1.76 bits per heavy atom. The predicted molar refractivity (Wildman–Crippen MR) is 69.4 cm³/mol. The number of benzene rings is 1. The smallest absolute Gasteiger partial charge is 0.321 e. The molecule has 4 heteroatoms. The van der Waals surface area contributed by atoms with Crippen molar-refractivity contribution < 1.29 is 9.90 Å². The van der Waals surface area contributed by atoms with Crippen LogP contribution in [0.15, 0.2) is 24.3 Å². The molecule has 0 amide bonds. The first kappa shape index (κ1) is 13.5. The monoisotopic (exact) mass is 236 g/mol. The number of aliphatic carboxylic acids is 1. The Morgan fingerprint density at radius 1 is 1.29 bits per heavy atom. The lowest BCUT2D eigenvalue weighted by Gasteiger charge is -2.29. The van der Waals surface area contributed by atoms with Crippen LogP contribution in [0, 0.1) is 0 Å². The Bertz CT molecular complexity index is 396. The van der Waals surface area contributed by atoms with Crippen molar-refractivity contribution in [2.45, 2.75) is 25.3 Å². The van der Waals surface area contributed by atoms with Gasteiger partial charge in [0.25, 0.3) is 0 Å². The maximum absolute atomic E-state index is 11.0. The number of hydrogen-bond acceptors (Lipinski definition) is 3. The maximum Gasteiger partial charge on any atom is 0.321 e. The van der Waals surface area contributed by atoms with Gasteiger partial charge >= 0.3 is 5.97 Å². The molecule has 0 aliphatic carbocycles. The molecule has 0 aliphatic rings. The van der Waals surface area contributed by atoms with Gasteiger partial charge in [-0.2, -0.15) is 0 Å². The molecule has 1 unspecified atom stereocenters. The van der Waals surface area contributed by atoms with Crippen LogP contribution in [0.2, 0.25) is 0 Å². The molecule has 1 aromatic rings. The van der Waals surface area contributed by atoms with E-state index in [1.165, 1.54) is 0 Å². The number of nitrogens with zero attached hydrogens (tertiary/aromatic N) is 1. The summed E-state index contributed by atoms with van der Waals surface area (Å²) in [5, 5.41) is 8.99. The topological polar surface area (TPSA) is 66.6 Å². The summed E-state index contributed by atoms with van der Waals surface area (Å²) in [4.78, 5) is 13.0. The zero-order valence-corrected chi connectivity index (χ0v) is 10.8. The van der Waals surface area contributed by atoms with Gasteiger partial charge in [0.1, 0.15) is 6.04 Å². The van der Waals surface area contributed by atoms with Gasteiger partial charge in [-0.1, -0.05) is 26.0 Å². The van der Waals surface area contributed by atoms with Crippen LogP contribution in [0.5, 0.6) is 0 Å². The van der Waals surface area contributed by atoms with Crippen LogP contribution in [-0.2, 0) is 10.2 Å². The number of carboxylic acid groups (broad SMARTS) is 1. The fraction of sp³-hybridized carbons (Fsp3) is 0.462. The standard InChI is InChI=1S/C13H20N2O2/c1-13(2,11(14)12(16)17)9-5-7-10(8-6-9)15(3)4/h5-8,11H,14H2,1-4H3,(H,16,17). The summed E-state index contributed by atoms with van der Waals surface area (Å²) in [5.41, 5.74) is 7.13. The highest BCUT2D eigenvalue weighted by Crippen LogP contribution is 2.27. The second kappa shape index (κ2) is 4.75. The first-order valence-electron chi connectivity index (χ1n) is 5.53. The lowest BCUT2D eigenvalue weighted by atomic mass is 9.78. The van der Waals surface area contributed by atoms with Crippen molar-refractivity contribution >= 4 is 11.7 Å². The largest absolute Gasteiger partial charge is 0.480 e. The number of carbonyl (C=O) groups is 1. The number of nitrogens with two attached hydrogens (primary N) is 1. The van der Waals surface area contributed by atoms with Crippen LogP contribution in [0.4, 0.5) is 5.69 Å². The Kier molecular flexibility index (Phi) is 3.78. The number of carboxylic acids is 1. The quantitative estimate of drug-likeness (QED) is 0.830. The van der Waals surface area contributed by atoms with Crippen molar-refractivity contribution in [3.8, 4) is 0 Å². The fourth-order valence-corrected chi connectivity index (χ4v) is 1.68. The first-order valence-corrected chi connectivity index (χ1v) is 5.53. The van der Waals surface area contributed by atoms with Crippen LogP contribution in [0.3, 0.4) is 0 Å². The van der Waals surface area contributed by atoms with Crippen molar-refractivity contribution in [2.75, 3.05) is 19.0 Å². The van der Waals surface area contributed by atoms with Gasteiger partial charge in [0.05, 0.1) is 0 Å². The molecule has 0 heterocycles. The number of rotatable bonds is 4. The van der Waals surface area contributed by atoms with E-state index in [0.717, 1.165) is 11.3 Å². The van der Waals surface area contributed by atoms with E-state index >= 15 is 0 Å². The zero-order chi connectivity index (χ0) is 13.2. The molecule has 0 fully saturated rings. The lowest BCUT2D eigenvalue weighted by Crippen LogP contribution is -2.46. The zero-order valence-electron chi connectivity index (χ0n) is 10.8. The molecule has 0 saturated heterocycles. The van der Waals surface area contributed by atoms with Gasteiger partial charge < -0.3 is 15.7 Å². The summed E-state index contributed by atoms with van der Waals surface area (Å²) >= 11 is 0. The molecule has 0 bridgehead atoms. The molecule has 0 radical (unpaired) electrons. The minimum Gasteiger partial charge on any atom is -0.480 e. The van der Waals surface area contributed by atoms with Crippen molar-refractivity contribution in [1.82, 2.24) is 0 Å². The van der Waals surface area contributed by atoms with Crippen LogP contribution >= 0.6 is 0 Å². The van der Waals surface area contributed by atoms with E-state index < -0.39 is 17.4 Å². The molecule has 17 heavy (non-hydrogen) atoms.